The third-order valence-electron chi connectivity index (χ3n) is 4.27. The molecule has 0 saturated carbocycles. The number of aromatic nitrogens is 1. The molecule has 0 bridgehead atoms. The summed E-state index contributed by atoms with van der Waals surface area (Å²) in [5.74, 6) is 0. The maximum absolute atomic E-state index is 12.4. The molecule has 134 valence electrons. The quantitative estimate of drug-likeness (QED) is 0.603. The van der Waals surface area contributed by atoms with Gasteiger partial charge < -0.3 is 4.74 Å². The van der Waals surface area contributed by atoms with Gasteiger partial charge in [0, 0.05) is 0 Å². The van der Waals surface area contributed by atoms with Crippen LogP contribution in [0.15, 0.2) is 54.6 Å². The summed E-state index contributed by atoms with van der Waals surface area (Å²) in [6.07, 6.45) is 0.197. The Hall–Kier alpha value is -2.66. The summed E-state index contributed by atoms with van der Waals surface area (Å²) in [6.45, 7) is 5.87. The van der Waals surface area contributed by atoms with Gasteiger partial charge in [0.1, 0.15) is 6.10 Å². The lowest BCUT2D eigenvalue weighted by atomic mass is 10.1. The lowest BCUT2D eigenvalue weighted by Crippen LogP contribution is -2.16. The zero-order chi connectivity index (χ0) is 18.5. The SMILES string of the molecule is CCc1ccc(-c2snc(C)c2NC(=O)O[C@H](C)c2ccccc2)cc1. The molecule has 26 heavy (non-hydrogen) atoms. The lowest BCUT2D eigenvalue weighted by Gasteiger charge is -2.14. The number of hydrogen-bond acceptors (Lipinski definition) is 4. The maximum atomic E-state index is 12.4. The molecule has 4 nitrogen and oxygen atoms in total. The molecule has 5 heteroatoms. The molecule has 1 aromatic heterocycles. The second-order valence-corrected chi connectivity index (χ2v) is 6.88. The fourth-order valence-electron chi connectivity index (χ4n) is 2.69. The monoisotopic (exact) mass is 366 g/mol. The summed E-state index contributed by atoms with van der Waals surface area (Å²) in [5, 5.41) is 2.87. The molecule has 0 unspecified atom stereocenters. The van der Waals surface area contributed by atoms with Crippen LogP contribution in [0.1, 0.15) is 36.8 Å². The Kier molecular flexibility index (Phi) is 5.68. The van der Waals surface area contributed by atoms with E-state index in [1.54, 1.807) is 0 Å². The summed E-state index contributed by atoms with van der Waals surface area (Å²) in [5.41, 5.74) is 4.77. The Bertz CT molecular complexity index is 873. The molecule has 3 aromatic rings. The van der Waals surface area contributed by atoms with Gasteiger partial charge in [0.2, 0.25) is 0 Å². The van der Waals surface area contributed by atoms with Crippen molar-refractivity contribution in [2.45, 2.75) is 33.3 Å². The van der Waals surface area contributed by atoms with Gasteiger partial charge in [0.05, 0.1) is 16.3 Å². The van der Waals surface area contributed by atoms with Crippen molar-refractivity contribution in [3.63, 3.8) is 0 Å². The fraction of sp³-hybridized carbons (Fsp3) is 0.238. The van der Waals surface area contributed by atoms with Crippen LogP contribution in [0.5, 0.6) is 0 Å². The first-order valence-corrected chi connectivity index (χ1v) is 9.44. The highest BCUT2D eigenvalue weighted by atomic mass is 32.1. The van der Waals surface area contributed by atoms with E-state index in [-0.39, 0.29) is 6.10 Å². The average molecular weight is 366 g/mol. The number of amides is 1. The van der Waals surface area contributed by atoms with Crippen molar-refractivity contribution in [1.29, 1.82) is 0 Å². The normalized spacial score (nSPS) is 11.8. The van der Waals surface area contributed by atoms with E-state index in [9.17, 15) is 4.79 Å². The van der Waals surface area contributed by atoms with Gasteiger partial charge >= 0.3 is 6.09 Å². The second kappa shape index (κ2) is 8.15. The molecule has 0 spiro atoms. The number of carbonyl (C=O) groups is 1. The lowest BCUT2D eigenvalue weighted by molar-refractivity contribution is 0.121. The summed E-state index contributed by atoms with van der Waals surface area (Å²) >= 11 is 1.38. The molecule has 1 heterocycles. The molecule has 1 amide bonds. The summed E-state index contributed by atoms with van der Waals surface area (Å²) in [7, 11) is 0. The van der Waals surface area contributed by atoms with Crippen LogP contribution in [0.4, 0.5) is 10.5 Å². The second-order valence-electron chi connectivity index (χ2n) is 6.11. The number of carbonyl (C=O) groups excluding carboxylic acids is 1. The van der Waals surface area contributed by atoms with Crippen molar-refractivity contribution in [1.82, 2.24) is 4.37 Å². The minimum Gasteiger partial charge on any atom is -0.441 e. The molecule has 1 atom stereocenters. The first kappa shape index (κ1) is 18.1. The molecule has 0 aliphatic heterocycles. The Balaban J connectivity index is 1.75. The highest BCUT2D eigenvalue weighted by Gasteiger charge is 2.18. The van der Waals surface area contributed by atoms with E-state index in [1.807, 2.05) is 44.2 Å². The van der Waals surface area contributed by atoms with E-state index in [2.05, 4.69) is 40.9 Å². The maximum Gasteiger partial charge on any atom is 0.412 e. The minimum atomic E-state index is -0.476. The van der Waals surface area contributed by atoms with Gasteiger partial charge in [-0.15, -0.1) is 0 Å². The predicted octanol–water partition coefficient (Wildman–Crippen LogP) is 5.99. The number of nitrogens with one attached hydrogen (secondary N) is 1. The van der Waals surface area contributed by atoms with Crippen LogP contribution < -0.4 is 5.32 Å². The van der Waals surface area contributed by atoms with Gasteiger partial charge in [-0.05, 0) is 48.5 Å². The molecular formula is C21H22N2O2S. The Morgan fingerprint density at radius 1 is 1.15 bits per heavy atom. The fourth-order valence-corrected chi connectivity index (χ4v) is 3.54. The van der Waals surface area contributed by atoms with Crippen molar-refractivity contribution in [2.24, 2.45) is 0 Å². The van der Waals surface area contributed by atoms with E-state index < -0.39 is 6.09 Å². The van der Waals surface area contributed by atoms with Gasteiger partial charge in [-0.25, -0.2) is 4.79 Å². The molecule has 0 aliphatic rings. The van der Waals surface area contributed by atoms with E-state index >= 15 is 0 Å². The summed E-state index contributed by atoms with van der Waals surface area (Å²) in [6, 6.07) is 18.0. The number of aryl methyl sites for hydroxylation is 2. The van der Waals surface area contributed by atoms with Crippen LogP contribution in [0.2, 0.25) is 0 Å². The minimum absolute atomic E-state index is 0.324. The number of rotatable bonds is 5. The van der Waals surface area contributed by atoms with E-state index in [0.717, 1.165) is 28.1 Å². The summed E-state index contributed by atoms with van der Waals surface area (Å²) < 4.78 is 9.92. The van der Waals surface area contributed by atoms with Crippen LogP contribution in [0.3, 0.4) is 0 Å². The third-order valence-corrected chi connectivity index (χ3v) is 5.25. The first-order chi connectivity index (χ1) is 12.6. The summed E-state index contributed by atoms with van der Waals surface area (Å²) in [4.78, 5) is 13.3. The highest BCUT2D eigenvalue weighted by Crippen LogP contribution is 2.35. The molecular weight excluding hydrogens is 344 g/mol. The topological polar surface area (TPSA) is 51.2 Å². The number of anilines is 1. The van der Waals surface area contributed by atoms with Gasteiger partial charge in [-0.1, -0.05) is 61.5 Å². The van der Waals surface area contributed by atoms with E-state index in [0.29, 0.717) is 5.69 Å². The van der Waals surface area contributed by atoms with Gasteiger partial charge in [-0.3, -0.25) is 5.32 Å². The number of benzene rings is 2. The molecule has 0 radical (unpaired) electrons. The van der Waals surface area contributed by atoms with Crippen molar-refractivity contribution in [3.05, 3.63) is 71.4 Å². The van der Waals surface area contributed by atoms with Crippen LogP contribution >= 0.6 is 11.5 Å². The predicted molar refractivity (Wildman–Crippen MR) is 107 cm³/mol. The van der Waals surface area contributed by atoms with Crippen molar-refractivity contribution in [3.8, 4) is 10.4 Å². The third kappa shape index (κ3) is 4.11. The van der Waals surface area contributed by atoms with Gasteiger partial charge in [0.15, 0.2) is 0 Å². The first-order valence-electron chi connectivity index (χ1n) is 8.66. The number of ether oxygens (including phenoxy) is 1. The van der Waals surface area contributed by atoms with Crippen molar-refractivity contribution < 1.29 is 9.53 Å². The molecule has 0 saturated heterocycles. The zero-order valence-corrected chi connectivity index (χ0v) is 16.0. The van der Waals surface area contributed by atoms with Crippen LogP contribution in [-0.2, 0) is 11.2 Å². The average Bonchev–Trinajstić information content (AvgIpc) is 3.03. The largest absolute Gasteiger partial charge is 0.441 e. The van der Waals surface area contributed by atoms with Gasteiger partial charge in [0.25, 0.3) is 0 Å². The molecule has 3 rings (SSSR count). The highest BCUT2D eigenvalue weighted by molar-refractivity contribution is 7.10. The number of nitrogens with zero attached hydrogens (tertiary/aromatic N) is 1. The van der Waals surface area contributed by atoms with Gasteiger partial charge in [-0.2, -0.15) is 4.37 Å². The van der Waals surface area contributed by atoms with Crippen LogP contribution in [-0.4, -0.2) is 10.5 Å². The van der Waals surface area contributed by atoms with Crippen LogP contribution in [0, 0.1) is 6.92 Å². The van der Waals surface area contributed by atoms with Crippen molar-refractivity contribution >= 4 is 23.3 Å². The molecule has 0 aliphatic carbocycles. The Morgan fingerprint density at radius 3 is 2.50 bits per heavy atom. The van der Waals surface area contributed by atoms with E-state index in [4.69, 9.17) is 4.74 Å². The van der Waals surface area contributed by atoms with Crippen molar-refractivity contribution in [2.75, 3.05) is 5.32 Å². The molecule has 2 aromatic carbocycles. The van der Waals surface area contributed by atoms with E-state index in [1.165, 1.54) is 17.1 Å². The Labute approximate surface area is 158 Å². The zero-order valence-electron chi connectivity index (χ0n) is 15.2. The molecule has 1 N–H and O–H groups in total. The standard InChI is InChI=1S/C21H22N2O2S/c1-4-16-10-12-18(13-11-16)20-19(14(2)23-26-20)22-21(24)25-15(3)17-8-6-5-7-9-17/h5-13,15H,4H2,1-3H3,(H,22,24)/t15-/m1/s1. The Morgan fingerprint density at radius 2 is 1.85 bits per heavy atom. The molecule has 0 fully saturated rings. The number of hydrogen-bond donors (Lipinski definition) is 1. The van der Waals surface area contributed by atoms with Crippen LogP contribution in [0.25, 0.3) is 10.4 Å². The smallest absolute Gasteiger partial charge is 0.412 e.